The van der Waals surface area contributed by atoms with Crippen LogP contribution in [-0.4, -0.2) is 28.9 Å². The van der Waals surface area contributed by atoms with E-state index >= 15 is 0 Å². The Kier molecular flexibility index (Phi) is 6.07. The molecule has 0 bridgehead atoms. The van der Waals surface area contributed by atoms with Crippen molar-refractivity contribution in [3.8, 4) is 0 Å². The molecule has 1 aliphatic rings. The van der Waals surface area contributed by atoms with Crippen molar-refractivity contribution in [3.05, 3.63) is 36.1 Å². The standard InChI is InChI=1S/C15H21NO3S/c1-5-7-16-13(17)10-19-12-8-14(18)20-15(12,4)9-11(3)6-2/h6,8-9H,2,5,7,10H2,1,3-4H3,(H,16,17)/b11-9+/t15-/m1/s1. The lowest BCUT2D eigenvalue weighted by Gasteiger charge is -2.23. The Morgan fingerprint density at radius 2 is 2.30 bits per heavy atom. The number of rotatable bonds is 7. The second-order valence-corrected chi connectivity index (χ2v) is 6.22. The van der Waals surface area contributed by atoms with Gasteiger partial charge in [-0.1, -0.05) is 43.0 Å². The molecule has 1 N–H and O–H groups in total. The fourth-order valence-corrected chi connectivity index (χ4v) is 2.82. The summed E-state index contributed by atoms with van der Waals surface area (Å²) in [5, 5.41) is 2.67. The Bertz CT molecular complexity index is 468. The van der Waals surface area contributed by atoms with Crippen molar-refractivity contribution >= 4 is 22.8 Å². The van der Waals surface area contributed by atoms with Crippen LogP contribution < -0.4 is 5.32 Å². The summed E-state index contributed by atoms with van der Waals surface area (Å²) < 4.78 is 4.95. The van der Waals surface area contributed by atoms with Crippen LogP contribution in [0.1, 0.15) is 27.2 Å². The van der Waals surface area contributed by atoms with E-state index in [1.807, 2.05) is 26.8 Å². The Hall–Kier alpha value is -1.49. The van der Waals surface area contributed by atoms with E-state index < -0.39 is 4.75 Å². The minimum absolute atomic E-state index is 0.0652. The van der Waals surface area contributed by atoms with Gasteiger partial charge in [0.05, 0.1) is 4.75 Å². The molecule has 4 nitrogen and oxygen atoms in total. The van der Waals surface area contributed by atoms with Crippen LogP contribution in [0.15, 0.2) is 36.1 Å². The van der Waals surface area contributed by atoms with Crippen molar-refractivity contribution in [2.75, 3.05) is 13.2 Å². The zero-order valence-corrected chi connectivity index (χ0v) is 13.0. The topological polar surface area (TPSA) is 55.4 Å². The van der Waals surface area contributed by atoms with E-state index in [0.29, 0.717) is 12.3 Å². The fraction of sp³-hybridized carbons (Fsp3) is 0.467. The fourth-order valence-electron chi connectivity index (χ4n) is 1.78. The summed E-state index contributed by atoms with van der Waals surface area (Å²) in [6.45, 7) is 10.0. The number of thioether (sulfide) groups is 1. The van der Waals surface area contributed by atoms with E-state index in [4.69, 9.17) is 4.74 Å². The quantitative estimate of drug-likeness (QED) is 0.733. The lowest BCUT2D eigenvalue weighted by atomic mass is 10.0. The second kappa shape index (κ2) is 7.33. The molecule has 0 saturated carbocycles. The lowest BCUT2D eigenvalue weighted by Crippen LogP contribution is -2.30. The van der Waals surface area contributed by atoms with Gasteiger partial charge < -0.3 is 10.1 Å². The molecule has 0 aromatic rings. The molecule has 0 saturated heterocycles. The van der Waals surface area contributed by atoms with Gasteiger partial charge in [0.2, 0.25) is 5.12 Å². The minimum atomic E-state index is -0.569. The molecule has 0 radical (unpaired) electrons. The predicted octanol–water partition coefficient (Wildman–Crippen LogP) is 2.58. The number of hydrogen-bond donors (Lipinski definition) is 1. The van der Waals surface area contributed by atoms with Crippen molar-refractivity contribution in [1.82, 2.24) is 5.32 Å². The monoisotopic (exact) mass is 295 g/mol. The molecule has 1 aliphatic heterocycles. The maximum Gasteiger partial charge on any atom is 0.257 e. The molecule has 1 rings (SSSR count). The van der Waals surface area contributed by atoms with Gasteiger partial charge in [-0.05, 0) is 20.3 Å². The van der Waals surface area contributed by atoms with Crippen molar-refractivity contribution in [2.45, 2.75) is 31.9 Å². The maximum absolute atomic E-state index is 11.6. The first kappa shape index (κ1) is 16.6. The van der Waals surface area contributed by atoms with Crippen LogP contribution in [0.4, 0.5) is 0 Å². The zero-order chi connectivity index (χ0) is 15.2. The van der Waals surface area contributed by atoms with Gasteiger partial charge in [-0.25, -0.2) is 0 Å². The van der Waals surface area contributed by atoms with Gasteiger partial charge in [-0.15, -0.1) is 0 Å². The van der Waals surface area contributed by atoms with E-state index in [9.17, 15) is 9.59 Å². The summed E-state index contributed by atoms with van der Waals surface area (Å²) in [5.74, 6) is 0.337. The van der Waals surface area contributed by atoms with Crippen LogP contribution in [0.25, 0.3) is 0 Å². The van der Waals surface area contributed by atoms with Gasteiger partial charge >= 0.3 is 0 Å². The van der Waals surface area contributed by atoms with Crippen molar-refractivity contribution in [2.24, 2.45) is 0 Å². The van der Waals surface area contributed by atoms with Gasteiger partial charge in [-0.2, -0.15) is 0 Å². The smallest absolute Gasteiger partial charge is 0.257 e. The number of carbonyl (C=O) groups is 2. The molecule has 1 heterocycles. The Morgan fingerprint density at radius 1 is 1.60 bits per heavy atom. The molecular weight excluding hydrogens is 274 g/mol. The highest BCUT2D eigenvalue weighted by atomic mass is 32.2. The highest BCUT2D eigenvalue weighted by molar-refractivity contribution is 8.15. The summed E-state index contributed by atoms with van der Waals surface area (Å²) in [7, 11) is 0. The lowest BCUT2D eigenvalue weighted by molar-refractivity contribution is -0.124. The molecule has 0 spiro atoms. The van der Waals surface area contributed by atoms with E-state index in [2.05, 4.69) is 11.9 Å². The van der Waals surface area contributed by atoms with Crippen LogP contribution >= 0.6 is 11.8 Å². The molecule has 1 atom stereocenters. The molecule has 1 amide bonds. The third kappa shape index (κ3) is 4.56. The van der Waals surface area contributed by atoms with E-state index in [-0.39, 0.29) is 17.6 Å². The van der Waals surface area contributed by atoms with Crippen molar-refractivity contribution in [3.63, 3.8) is 0 Å². The number of hydrogen-bond acceptors (Lipinski definition) is 4. The van der Waals surface area contributed by atoms with E-state index in [0.717, 1.165) is 12.0 Å². The first-order chi connectivity index (χ1) is 9.41. The first-order valence-corrected chi connectivity index (χ1v) is 7.39. The molecular formula is C15H21NO3S. The molecule has 5 heteroatoms. The molecule has 0 unspecified atom stereocenters. The van der Waals surface area contributed by atoms with Gasteiger partial charge in [0, 0.05) is 12.6 Å². The summed E-state index contributed by atoms with van der Waals surface area (Å²) in [4.78, 5) is 23.1. The minimum Gasteiger partial charge on any atom is -0.486 e. The summed E-state index contributed by atoms with van der Waals surface area (Å²) in [5.41, 5.74) is 0.958. The number of allylic oxidation sites excluding steroid dienone is 2. The summed E-state index contributed by atoms with van der Waals surface area (Å²) >= 11 is 1.18. The first-order valence-electron chi connectivity index (χ1n) is 6.58. The van der Waals surface area contributed by atoms with Gasteiger partial charge in [0.25, 0.3) is 5.91 Å². The normalized spacial score (nSPS) is 22.4. The molecule has 110 valence electrons. The predicted molar refractivity (Wildman–Crippen MR) is 82.3 cm³/mol. The second-order valence-electron chi connectivity index (χ2n) is 4.77. The summed E-state index contributed by atoms with van der Waals surface area (Å²) in [6.07, 6.45) is 5.97. The largest absolute Gasteiger partial charge is 0.486 e. The Morgan fingerprint density at radius 3 is 2.90 bits per heavy atom. The SMILES string of the molecule is C=C/C(C)=C/[C@@]1(C)SC(=O)C=C1OCC(=O)NCCC. The molecule has 0 fully saturated rings. The molecule has 20 heavy (non-hydrogen) atoms. The highest BCUT2D eigenvalue weighted by Crippen LogP contribution is 2.42. The van der Waals surface area contributed by atoms with E-state index in [1.54, 1.807) is 6.08 Å². The van der Waals surface area contributed by atoms with Gasteiger partial charge in [0.15, 0.2) is 6.61 Å². The molecule has 0 aromatic heterocycles. The van der Waals surface area contributed by atoms with Crippen molar-refractivity contribution < 1.29 is 14.3 Å². The number of nitrogens with one attached hydrogen (secondary N) is 1. The molecule has 0 aromatic carbocycles. The van der Waals surface area contributed by atoms with Crippen LogP contribution in [-0.2, 0) is 14.3 Å². The Balaban J connectivity index is 2.71. The molecule has 0 aliphatic carbocycles. The third-order valence-electron chi connectivity index (χ3n) is 2.81. The van der Waals surface area contributed by atoms with Crippen LogP contribution in [0.3, 0.4) is 0 Å². The third-order valence-corrected chi connectivity index (χ3v) is 3.87. The van der Waals surface area contributed by atoms with Gasteiger partial charge in [-0.3, -0.25) is 9.59 Å². The maximum atomic E-state index is 11.6. The van der Waals surface area contributed by atoms with E-state index in [1.165, 1.54) is 17.8 Å². The van der Waals surface area contributed by atoms with Crippen LogP contribution in [0, 0.1) is 0 Å². The number of ether oxygens (including phenoxy) is 1. The summed E-state index contributed by atoms with van der Waals surface area (Å²) in [6, 6.07) is 0. The zero-order valence-electron chi connectivity index (χ0n) is 12.2. The van der Waals surface area contributed by atoms with Gasteiger partial charge in [0.1, 0.15) is 5.76 Å². The van der Waals surface area contributed by atoms with Crippen LogP contribution in [0.5, 0.6) is 0 Å². The average Bonchev–Trinajstić information content (AvgIpc) is 2.67. The number of amides is 1. The number of carbonyl (C=O) groups excluding carboxylic acids is 2. The van der Waals surface area contributed by atoms with Crippen molar-refractivity contribution in [1.29, 1.82) is 0 Å². The Labute approximate surface area is 124 Å². The average molecular weight is 295 g/mol. The highest BCUT2D eigenvalue weighted by Gasteiger charge is 2.38. The van der Waals surface area contributed by atoms with Crippen LogP contribution in [0.2, 0.25) is 0 Å².